The van der Waals surface area contributed by atoms with Crippen molar-refractivity contribution in [3.8, 4) is 34.1 Å². The van der Waals surface area contributed by atoms with Crippen LogP contribution in [0.4, 0.5) is 11.4 Å². The number of carbonyl (C=O) groups excluding carboxylic acids is 1. The van der Waals surface area contributed by atoms with Gasteiger partial charge in [-0.15, -0.1) is 0 Å². The molecule has 0 radical (unpaired) electrons. The summed E-state index contributed by atoms with van der Waals surface area (Å²) in [5, 5.41) is 16.3. The fourth-order valence-electron chi connectivity index (χ4n) is 3.93. The number of amides is 1. The van der Waals surface area contributed by atoms with Crippen LogP contribution in [0, 0.1) is 0 Å². The van der Waals surface area contributed by atoms with Crippen LogP contribution in [-0.4, -0.2) is 32.3 Å². The molecule has 0 bridgehead atoms. The first-order valence-corrected chi connectivity index (χ1v) is 12.0. The standard InChI is InChI=1S/C31H30N2O5/c1-36-28-18-25(19-29(37-2)31(28)38-3)32-20-22-11-9-21(10-12-22)13-16-30(35)33-26-17-24(14-15-27(26)34)23-7-5-4-6-8-23/h4-19,32,34H,20H2,1-3H3,(H,33,35). The predicted octanol–water partition coefficient (Wildman–Crippen LogP) is 6.35. The Hall–Kier alpha value is -4.91. The number of benzene rings is 4. The SMILES string of the molecule is COc1cc(NCc2ccc(C=CC(=O)Nc3cc(-c4ccccc4)ccc3O)cc2)cc(OC)c1OC. The van der Waals surface area contributed by atoms with Crippen molar-refractivity contribution < 1.29 is 24.1 Å². The van der Waals surface area contributed by atoms with E-state index in [2.05, 4.69) is 10.6 Å². The van der Waals surface area contributed by atoms with E-state index in [1.54, 1.807) is 39.5 Å². The van der Waals surface area contributed by atoms with Crippen LogP contribution in [0.3, 0.4) is 0 Å². The minimum absolute atomic E-state index is 0.00961. The maximum absolute atomic E-state index is 12.5. The van der Waals surface area contributed by atoms with Gasteiger partial charge < -0.3 is 30.0 Å². The van der Waals surface area contributed by atoms with Crippen LogP contribution < -0.4 is 24.8 Å². The summed E-state index contributed by atoms with van der Waals surface area (Å²) in [6.07, 6.45) is 3.17. The zero-order valence-electron chi connectivity index (χ0n) is 21.5. The van der Waals surface area contributed by atoms with Gasteiger partial charge in [0.25, 0.3) is 0 Å². The maximum atomic E-state index is 12.5. The third-order valence-electron chi connectivity index (χ3n) is 5.93. The highest BCUT2D eigenvalue weighted by Gasteiger charge is 2.13. The summed E-state index contributed by atoms with van der Waals surface area (Å²) >= 11 is 0. The average molecular weight is 511 g/mol. The molecule has 0 saturated carbocycles. The molecule has 0 aliphatic carbocycles. The molecule has 0 saturated heterocycles. The van der Waals surface area contributed by atoms with E-state index in [1.807, 2.05) is 72.8 Å². The lowest BCUT2D eigenvalue weighted by Crippen LogP contribution is -2.08. The predicted molar refractivity (Wildman–Crippen MR) is 151 cm³/mol. The summed E-state index contributed by atoms with van der Waals surface area (Å²) in [5.74, 6) is 1.37. The molecule has 0 spiro atoms. The molecule has 4 rings (SSSR count). The second-order valence-electron chi connectivity index (χ2n) is 8.43. The molecule has 3 N–H and O–H groups in total. The fraction of sp³-hybridized carbons (Fsp3) is 0.129. The molecule has 0 aliphatic heterocycles. The van der Waals surface area contributed by atoms with Gasteiger partial charge in [-0.2, -0.15) is 0 Å². The van der Waals surface area contributed by atoms with Gasteiger partial charge in [0.1, 0.15) is 5.75 Å². The van der Waals surface area contributed by atoms with Gasteiger partial charge in [0.15, 0.2) is 11.5 Å². The van der Waals surface area contributed by atoms with E-state index in [4.69, 9.17) is 14.2 Å². The lowest BCUT2D eigenvalue weighted by atomic mass is 10.0. The van der Waals surface area contributed by atoms with Crippen LogP contribution in [0.1, 0.15) is 11.1 Å². The van der Waals surface area contributed by atoms with Crippen LogP contribution in [0.25, 0.3) is 17.2 Å². The molecule has 0 aliphatic rings. The third-order valence-corrected chi connectivity index (χ3v) is 5.93. The van der Waals surface area contributed by atoms with Crippen molar-refractivity contribution in [2.24, 2.45) is 0 Å². The monoisotopic (exact) mass is 510 g/mol. The molecule has 7 heteroatoms. The Morgan fingerprint density at radius 1 is 0.816 bits per heavy atom. The highest BCUT2D eigenvalue weighted by molar-refractivity contribution is 6.03. The number of phenolic OH excluding ortho intramolecular Hbond substituents is 1. The molecular formula is C31H30N2O5. The molecule has 7 nitrogen and oxygen atoms in total. The summed E-state index contributed by atoms with van der Waals surface area (Å²) in [6, 6.07) is 26.5. The van der Waals surface area contributed by atoms with Crippen molar-refractivity contribution in [1.29, 1.82) is 0 Å². The lowest BCUT2D eigenvalue weighted by molar-refractivity contribution is -0.111. The summed E-state index contributed by atoms with van der Waals surface area (Å²) in [5.41, 5.74) is 5.02. The quantitative estimate of drug-likeness (QED) is 0.170. The third kappa shape index (κ3) is 6.44. The summed E-state index contributed by atoms with van der Waals surface area (Å²) in [7, 11) is 4.73. The molecule has 194 valence electrons. The summed E-state index contributed by atoms with van der Waals surface area (Å²) < 4.78 is 16.2. The van der Waals surface area contributed by atoms with E-state index >= 15 is 0 Å². The van der Waals surface area contributed by atoms with E-state index in [9.17, 15) is 9.90 Å². The van der Waals surface area contributed by atoms with E-state index in [1.165, 1.54) is 6.08 Å². The first-order valence-electron chi connectivity index (χ1n) is 12.0. The normalized spacial score (nSPS) is 10.7. The van der Waals surface area contributed by atoms with E-state index in [0.29, 0.717) is 29.5 Å². The minimum atomic E-state index is -0.335. The number of hydrogen-bond donors (Lipinski definition) is 3. The molecule has 1 amide bonds. The molecule has 38 heavy (non-hydrogen) atoms. The number of phenols is 1. The lowest BCUT2D eigenvalue weighted by Gasteiger charge is -2.15. The van der Waals surface area contributed by atoms with Gasteiger partial charge in [-0.3, -0.25) is 4.79 Å². The van der Waals surface area contributed by atoms with Gasteiger partial charge in [-0.05, 0) is 40.5 Å². The fourth-order valence-corrected chi connectivity index (χ4v) is 3.93. The molecular weight excluding hydrogens is 480 g/mol. The molecule has 4 aromatic rings. The van der Waals surface area contributed by atoms with Crippen LogP contribution >= 0.6 is 0 Å². The number of anilines is 2. The van der Waals surface area contributed by atoms with E-state index in [0.717, 1.165) is 27.9 Å². The van der Waals surface area contributed by atoms with Gasteiger partial charge in [-0.1, -0.05) is 60.7 Å². The van der Waals surface area contributed by atoms with Crippen LogP contribution in [0.5, 0.6) is 23.0 Å². The van der Waals surface area contributed by atoms with Crippen LogP contribution in [0.15, 0.2) is 91.0 Å². The largest absolute Gasteiger partial charge is 0.506 e. The Labute approximate surface area is 222 Å². The molecule has 4 aromatic carbocycles. The zero-order valence-corrected chi connectivity index (χ0v) is 21.5. The first kappa shape index (κ1) is 26.2. The molecule has 0 atom stereocenters. The number of hydrogen-bond acceptors (Lipinski definition) is 6. The molecule has 0 unspecified atom stereocenters. The van der Waals surface area contributed by atoms with Crippen molar-refractivity contribution >= 4 is 23.4 Å². The van der Waals surface area contributed by atoms with Crippen molar-refractivity contribution in [2.45, 2.75) is 6.54 Å². The van der Waals surface area contributed by atoms with Gasteiger partial charge in [0.2, 0.25) is 11.7 Å². The number of aromatic hydroxyl groups is 1. The van der Waals surface area contributed by atoms with Crippen LogP contribution in [0.2, 0.25) is 0 Å². The second-order valence-corrected chi connectivity index (χ2v) is 8.43. The average Bonchev–Trinajstić information content (AvgIpc) is 2.96. The molecule has 0 aromatic heterocycles. The second kappa shape index (κ2) is 12.4. The van der Waals surface area contributed by atoms with Crippen molar-refractivity contribution in [2.75, 3.05) is 32.0 Å². The van der Waals surface area contributed by atoms with E-state index in [-0.39, 0.29) is 11.7 Å². The Morgan fingerprint density at radius 2 is 1.50 bits per heavy atom. The highest BCUT2D eigenvalue weighted by atomic mass is 16.5. The highest BCUT2D eigenvalue weighted by Crippen LogP contribution is 2.40. The van der Waals surface area contributed by atoms with Gasteiger partial charge in [-0.25, -0.2) is 0 Å². The molecule has 0 fully saturated rings. The van der Waals surface area contributed by atoms with Crippen molar-refractivity contribution in [3.63, 3.8) is 0 Å². The summed E-state index contributed by atoms with van der Waals surface area (Å²) in [6.45, 7) is 0.583. The number of nitrogens with one attached hydrogen (secondary N) is 2. The minimum Gasteiger partial charge on any atom is -0.506 e. The van der Waals surface area contributed by atoms with Gasteiger partial charge in [0, 0.05) is 30.4 Å². The molecule has 0 heterocycles. The number of rotatable bonds is 10. The Morgan fingerprint density at radius 3 is 2.13 bits per heavy atom. The smallest absolute Gasteiger partial charge is 0.248 e. The Balaban J connectivity index is 1.36. The topological polar surface area (TPSA) is 89.1 Å². The van der Waals surface area contributed by atoms with Crippen LogP contribution in [-0.2, 0) is 11.3 Å². The van der Waals surface area contributed by atoms with Gasteiger partial charge >= 0.3 is 0 Å². The zero-order chi connectivity index (χ0) is 26.9. The first-order chi connectivity index (χ1) is 18.5. The van der Waals surface area contributed by atoms with Gasteiger partial charge in [0.05, 0.1) is 27.0 Å². The van der Waals surface area contributed by atoms with E-state index < -0.39 is 0 Å². The number of carbonyl (C=O) groups is 1. The van der Waals surface area contributed by atoms with Crippen molar-refractivity contribution in [3.05, 3.63) is 102 Å². The van der Waals surface area contributed by atoms with Crippen molar-refractivity contribution in [1.82, 2.24) is 0 Å². The Kier molecular flexibility index (Phi) is 8.51. The maximum Gasteiger partial charge on any atom is 0.248 e. The number of ether oxygens (including phenoxy) is 3. The Bertz CT molecular complexity index is 1390. The summed E-state index contributed by atoms with van der Waals surface area (Å²) in [4.78, 5) is 12.5. The number of methoxy groups -OCH3 is 3.